The highest BCUT2D eigenvalue weighted by atomic mass is 28.3. The summed E-state index contributed by atoms with van der Waals surface area (Å²) in [5.74, 6) is 4.42. The summed E-state index contributed by atoms with van der Waals surface area (Å²) in [7, 11) is 0.00958. The first-order chi connectivity index (χ1) is 19.1. The molecule has 7 nitrogen and oxygen atoms in total. The number of aryl methyl sites for hydroxylation is 1. The molecule has 2 aromatic heterocycles. The second-order valence-electron chi connectivity index (χ2n) is 12.2. The highest BCUT2D eigenvalue weighted by Gasteiger charge is 2.41. The van der Waals surface area contributed by atoms with Crippen molar-refractivity contribution in [1.82, 2.24) is 24.9 Å². The van der Waals surface area contributed by atoms with Gasteiger partial charge >= 0.3 is 0 Å². The van der Waals surface area contributed by atoms with E-state index in [0.717, 1.165) is 72.6 Å². The van der Waals surface area contributed by atoms with Crippen LogP contribution >= 0.6 is 0 Å². The van der Waals surface area contributed by atoms with Gasteiger partial charge in [0.15, 0.2) is 6.23 Å². The molecule has 0 spiro atoms. The zero-order chi connectivity index (χ0) is 29.0. The molecule has 0 saturated carbocycles. The van der Waals surface area contributed by atoms with Gasteiger partial charge in [-0.05, 0) is 67.1 Å². The molecule has 218 valence electrons. The Hall–Kier alpha value is -2.60. The van der Waals surface area contributed by atoms with Crippen molar-refractivity contribution >= 4 is 19.0 Å². The molecule has 4 rings (SSSR count). The van der Waals surface area contributed by atoms with E-state index in [0.29, 0.717) is 16.6 Å². The van der Waals surface area contributed by atoms with Gasteiger partial charge in [-0.3, -0.25) is 0 Å². The van der Waals surface area contributed by atoms with Crippen LogP contribution in [0.25, 0.3) is 22.0 Å². The van der Waals surface area contributed by atoms with Crippen molar-refractivity contribution in [3.8, 4) is 28.5 Å². The maximum Gasteiger partial charge on any atom is 0.219 e. The fourth-order valence-electron chi connectivity index (χ4n) is 6.48. The van der Waals surface area contributed by atoms with E-state index in [-0.39, 0.29) is 12.3 Å². The first-order valence-electron chi connectivity index (χ1n) is 15.2. The molecule has 1 fully saturated rings. The van der Waals surface area contributed by atoms with Gasteiger partial charge in [-0.15, -0.1) is 5.54 Å². The predicted molar refractivity (Wildman–Crippen MR) is 167 cm³/mol. The first kappa shape index (κ1) is 30.4. The standard InChI is InChI=1S/C32H49N5O2Si/c1-10-33-20-25(8)39-32-28(21-34-36(32)9)26-14-15-30-27(19-26)29(35-37(30)31-13-11-12-17-38-31)16-18-40(22(2)3,23(4)5)24(6)7/h14-15,19,21-25,31,33H,10-13,17,20H2,1-9H3/t25-,31?/m0/s1. The minimum absolute atomic E-state index is 0.0200. The van der Waals surface area contributed by atoms with E-state index < -0.39 is 8.07 Å². The number of likely N-dealkylation sites (N-methyl/N-ethyl adjacent to an activating group) is 1. The zero-order valence-corrected chi connectivity index (χ0v) is 27.0. The number of hydrogen-bond donors (Lipinski definition) is 1. The number of nitrogens with zero attached hydrogens (tertiary/aromatic N) is 4. The van der Waals surface area contributed by atoms with Gasteiger partial charge in [-0.2, -0.15) is 10.2 Å². The summed E-state index contributed by atoms with van der Waals surface area (Å²) in [6.45, 7) is 20.8. The molecule has 1 saturated heterocycles. The Morgan fingerprint density at radius 2 is 1.82 bits per heavy atom. The van der Waals surface area contributed by atoms with Crippen LogP contribution in [0, 0.1) is 11.5 Å². The maximum absolute atomic E-state index is 6.36. The molecule has 8 heteroatoms. The summed E-state index contributed by atoms with van der Waals surface area (Å²) in [6, 6.07) is 6.53. The van der Waals surface area contributed by atoms with Crippen LogP contribution in [0.3, 0.4) is 0 Å². The molecule has 3 aromatic rings. The lowest BCUT2D eigenvalue weighted by atomic mass is 10.1. The van der Waals surface area contributed by atoms with Gasteiger partial charge in [-0.25, -0.2) is 9.36 Å². The molecule has 40 heavy (non-hydrogen) atoms. The number of hydrogen-bond acceptors (Lipinski definition) is 5. The van der Waals surface area contributed by atoms with Crippen LogP contribution in [0.4, 0.5) is 0 Å². The van der Waals surface area contributed by atoms with Crippen molar-refractivity contribution in [1.29, 1.82) is 0 Å². The molecule has 0 radical (unpaired) electrons. The summed E-state index contributed by atoms with van der Waals surface area (Å²) < 4.78 is 16.4. The molecule has 1 unspecified atom stereocenters. The van der Waals surface area contributed by atoms with Gasteiger partial charge in [0.2, 0.25) is 5.88 Å². The lowest BCUT2D eigenvalue weighted by Gasteiger charge is -2.38. The summed E-state index contributed by atoms with van der Waals surface area (Å²) >= 11 is 0. The average Bonchev–Trinajstić information content (AvgIpc) is 3.47. The molecule has 0 bridgehead atoms. The minimum atomic E-state index is -1.92. The SMILES string of the molecule is CCNC[C@H](C)Oc1c(-c2ccc3c(c2)c(C#C[Si](C(C)C)(C(C)C)C(C)C)nn3C2CCCCO2)cnn1C. The third-order valence-electron chi connectivity index (χ3n) is 8.59. The van der Waals surface area contributed by atoms with Crippen LogP contribution in [-0.2, 0) is 11.8 Å². The fraction of sp³-hybridized carbons (Fsp3) is 0.625. The van der Waals surface area contributed by atoms with E-state index in [1.165, 1.54) is 0 Å². The van der Waals surface area contributed by atoms with Crippen molar-refractivity contribution in [2.45, 2.75) is 104 Å². The van der Waals surface area contributed by atoms with Gasteiger partial charge < -0.3 is 14.8 Å². The van der Waals surface area contributed by atoms with E-state index >= 15 is 0 Å². The summed E-state index contributed by atoms with van der Waals surface area (Å²) in [5.41, 5.74) is 9.52. The Morgan fingerprint density at radius 1 is 1.10 bits per heavy atom. The Kier molecular flexibility index (Phi) is 9.81. The summed E-state index contributed by atoms with van der Waals surface area (Å²) in [4.78, 5) is 0. The summed E-state index contributed by atoms with van der Waals surface area (Å²) in [6.07, 6.45) is 5.09. The Morgan fingerprint density at radius 3 is 2.45 bits per heavy atom. The van der Waals surface area contributed by atoms with E-state index in [4.69, 9.17) is 14.6 Å². The van der Waals surface area contributed by atoms with Crippen LogP contribution in [0.5, 0.6) is 5.88 Å². The molecule has 1 aromatic carbocycles. The average molecular weight is 564 g/mol. The van der Waals surface area contributed by atoms with E-state index in [1.54, 1.807) is 0 Å². The number of fused-ring (bicyclic) bond motifs is 1. The predicted octanol–water partition coefficient (Wildman–Crippen LogP) is 7.08. The number of aromatic nitrogens is 4. The number of ether oxygens (including phenoxy) is 2. The number of benzene rings is 1. The van der Waals surface area contributed by atoms with Crippen LogP contribution in [-0.4, -0.2) is 53.4 Å². The van der Waals surface area contributed by atoms with Crippen LogP contribution in [0.1, 0.15) is 86.6 Å². The quantitative estimate of drug-likeness (QED) is 0.211. The molecule has 1 N–H and O–H groups in total. The number of rotatable bonds is 10. The van der Waals surface area contributed by atoms with Crippen molar-refractivity contribution in [3.05, 3.63) is 30.1 Å². The van der Waals surface area contributed by atoms with Gasteiger partial charge in [0.05, 0.1) is 17.3 Å². The molecule has 1 aliphatic rings. The molecule has 3 heterocycles. The van der Waals surface area contributed by atoms with Crippen LogP contribution in [0.15, 0.2) is 24.4 Å². The lowest BCUT2D eigenvalue weighted by molar-refractivity contribution is -0.0367. The van der Waals surface area contributed by atoms with Crippen molar-refractivity contribution in [2.24, 2.45) is 7.05 Å². The number of nitrogens with one attached hydrogen (secondary N) is 1. The van der Waals surface area contributed by atoms with E-state index in [9.17, 15) is 0 Å². The maximum atomic E-state index is 6.36. The Labute approximate surface area is 242 Å². The normalized spacial score (nSPS) is 17.1. The zero-order valence-electron chi connectivity index (χ0n) is 26.0. The topological polar surface area (TPSA) is 66.1 Å². The first-order valence-corrected chi connectivity index (χ1v) is 17.4. The van der Waals surface area contributed by atoms with Gasteiger partial charge in [0.1, 0.15) is 19.9 Å². The van der Waals surface area contributed by atoms with Crippen molar-refractivity contribution < 1.29 is 9.47 Å². The Balaban J connectivity index is 1.84. The molecule has 0 amide bonds. The van der Waals surface area contributed by atoms with Crippen molar-refractivity contribution in [2.75, 3.05) is 19.7 Å². The minimum Gasteiger partial charge on any atom is -0.473 e. The van der Waals surface area contributed by atoms with Crippen LogP contribution < -0.4 is 10.1 Å². The molecular formula is C32H49N5O2Si. The monoisotopic (exact) mass is 563 g/mol. The third-order valence-corrected chi connectivity index (χ3v) is 14.9. The molecule has 2 atom stereocenters. The third kappa shape index (κ3) is 6.02. The van der Waals surface area contributed by atoms with E-state index in [1.807, 2.05) is 17.9 Å². The Bertz CT molecular complexity index is 1320. The summed E-state index contributed by atoms with van der Waals surface area (Å²) in [5, 5.41) is 14.1. The van der Waals surface area contributed by atoms with Crippen LogP contribution in [0.2, 0.25) is 16.6 Å². The highest BCUT2D eigenvalue weighted by molar-refractivity contribution is 6.90. The molecule has 0 aliphatic carbocycles. The van der Waals surface area contributed by atoms with Gasteiger partial charge in [0.25, 0.3) is 0 Å². The van der Waals surface area contributed by atoms with Gasteiger partial charge in [0, 0.05) is 25.6 Å². The smallest absolute Gasteiger partial charge is 0.219 e. The van der Waals surface area contributed by atoms with Gasteiger partial charge in [-0.1, -0.05) is 60.5 Å². The molecular weight excluding hydrogens is 514 g/mol. The fourth-order valence-corrected chi connectivity index (χ4v) is 11.7. The second-order valence-corrected chi connectivity index (χ2v) is 17.8. The second kappa shape index (κ2) is 12.9. The largest absolute Gasteiger partial charge is 0.473 e. The lowest BCUT2D eigenvalue weighted by Crippen LogP contribution is -2.43. The highest BCUT2D eigenvalue weighted by Crippen LogP contribution is 2.41. The van der Waals surface area contributed by atoms with Crippen molar-refractivity contribution in [3.63, 3.8) is 0 Å². The molecule has 1 aliphatic heterocycles. The van der Waals surface area contributed by atoms with E-state index in [2.05, 4.69) is 100 Å².